The van der Waals surface area contributed by atoms with Crippen LogP contribution < -0.4 is 9.62 Å². The summed E-state index contributed by atoms with van der Waals surface area (Å²) in [5.41, 5.74) is 0.602. The molecule has 1 aromatic carbocycles. The maximum Gasteiger partial charge on any atom is 0.261 e. The summed E-state index contributed by atoms with van der Waals surface area (Å²) in [7, 11) is -1.77. The third kappa shape index (κ3) is 4.57. The summed E-state index contributed by atoms with van der Waals surface area (Å²) >= 11 is 1.45. The van der Waals surface area contributed by atoms with Gasteiger partial charge >= 0.3 is 0 Å². The quantitative estimate of drug-likeness (QED) is 0.847. The van der Waals surface area contributed by atoms with Gasteiger partial charge in [-0.1, -0.05) is 32.1 Å². The molecule has 1 N–H and O–H groups in total. The van der Waals surface area contributed by atoms with Gasteiger partial charge in [0.1, 0.15) is 0 Å². The first kappa shape index (κ1) is 19.2. The molecule has 1 heterocycles. The van der Waals surface area contributed by atoms with Crippen LogP contribution in [0.2, 0.25) is 0 Å². The van der Waals surface area contributed by atoms with E-state index in [0.29, 0.717) is 10.6 Å². The van der Waals surface area contributed by atoms with E-state index >= 15 is 0 Å². The molecule has 0 bridgehead atoms. The number of anilines is 1. The second-order valence-electron chi connectivity index (χ2n) is 7.08. The van der Waals surface area contributed by atoms with Crippen LogP contribution in [0.15, 0.2) is 24.3 Å². The van der Waals surface area contributed by atoms with Gasteiger partial charge in [0, 0.05) is 17.8 Å². The van der Waals surface area contributed by atoms with E-state index in [4.69, 9.17) is 0 Å². The van der Waals surface area contributed by atoms with Crippen molar-refractivity contribution in [3.05, 3.63) is 29.1 Å². The minimum atomic E-state index is -3.30. The number of nitrogens with one attached hydrogen (secondary N) is 1. The van der Waals surface area contributed by atoms with E-state index < -0.39 is 10.0 Å². The molecule has 1 fully saturated rings. The van der Waals surface area contributed by atoms with Crippen LogP contribution in [0, 0.1) is 0 Å². The van der Waals surface area contributed by atoms with Gasteiger partial charge in [0.15, 0.2) is 0 Å². The van der Waals surface area contributed by atoms with Gasteiger partial charge in [-0.2, -0.15) is 0 Å². The molecule has 1 aliphatic rings. The Hall–Kier alpha value is -1.60. The molecule has 2 aromatic rings. The van der Waals surface area contributed by atoms with E-state index in [9.17, 15) is 13.2 Å². The average Bonchev–Trinajstić information content (AvgIpc) is 2.98. The summed E-state index contributed by atoms with van der Waals surface area (Å²) in [6.45, 7) is 0. The third-order valence-corrected chi connectivity index (χ3v) is 7.35. The first-order valence-corrected chi connectivity index (χ1v) is 11.8. The molecule has 26 heavy (non-hydrogen) atoms. The van der Waals surface area contributed by atoms with Crippen LogP contribution in [0.25, 0.3) is 10.1 Å². The number of carbonyl (C=O) groups excluding carboxylic acids is 1. The van der Waals surface area contributed by atoms with E-state index in [0.717, 1.165) is 22.9 Å². The van der Waals surface area contributed by atoms with Gasteiger partial charge < -0.3 is 5.32 Å². The Bertz CT molecular complexity index is 881. The molecule has 1 aliphatic carbocycles. The molecule has 0 spiro atoms. The predicted octanol–water partition coefficient (Wildman–Crippen LogP) is 4.14. The smallest absolute Gasteiger partial charge is 0.261 e. The third-order valence-electron chi connectivity index (χ3n) is 5.03. The van der Waals surface area contributed by atoms with Gasteiger partial charge in [-0.05, 0) is 42.5 Å². The molecule has 0 aliphatic heterocycles. The van der Waals surface area contributed by atoms with Crippen LogP contribution in [0.5, 0.6) is 0 Å². The Morgan fingerprint density at radius 1 is 1.12 bits per heavy atom. The lowest BCUT2D eigenvalue weighted by Gasteiger charge is -2.20. The number of sulfonamides is 1. The zero-order valence-electron chi connectivity index (χ0n) is 15.3. The molecule has 142 valence electrons. The van der Waals surface area contributed by atoms with E-state index in [1.807, 2.05) is 18.2 Å². The molecular weight excluding hydrogens is 368 g/mol. The SMILES string of the molecule is CN(c1ccc2sc(C(=O)NC3CCCCCCC3)cc2c1)S(C)(=O)=O. The summed E-state index contributed by atoms with van der Waals surface area (Å²) < 4.78 is 25.7. The number of hydrogen-bond acceptors (Lipinski definition) is 4. The molecular formula is C19H26N2O3S2. The zero-order chi connectivity index (χ0) is 18.7. The van der Waals surface area contributed by atoms with Crippen LogP contribution in [0.3, 0.4) is 0 Å². The number of rotatable bonds is 4. The van der Waals surface area contributed by atoms with Gasteiger partial charge in [0.25, 0.3) is 5.91 Å². The van der Waals surface area contributed by atoms with Crippen molar-refractivity contribution in [1.82, 2.24) is 5.32 Å². The largest absolute Gasteiger partial charge is 0.349 e. The van der Waals surface area contributed by atoms with Crippen LogP contribution in [-0.2, 0) is 10.0 Å². The molecule has 0 saturated heterocycles. The van der Waals surface area contributed by atoms with Crippen LogP contribution >= 0.6 is 11.3 Å². The van der Waals surface area contributed by atoms with E-state index in [1.165, 1.54) is 61.0 Å². The summed E-state index contributed by atoms with van der Waals surface area (Å²) in [5, 5.41) is 4.08. The fourth-order valence-electron chi connectivity index (χ4n) is 3.39. The van der Waals surface area contributed by atoms with Crippen molar-refractivity contribution in [3.8, 4) is 0 Å². The zero-order valence-corrected chi connectivity index (χ0v) is 17.0. The van der Waals surface area contributed by atoms with Crippen LogP contribution in [-0.4, -0.2) is 33.7 Å². The number of thiophene rings is 1. The van der Waals surface area contributed by atoms with Crippen LogP contribution in [0.4, 0.5) is 5.69 Å². The Kier molecular flexibility index (Phi) is 5.87. The Morgan fingerprint density at radius 3 is 2.42 bits per heavy atom. The van der Waals surface area contributed by atoms with Crippen molar-refractivity contribution in [3.63, 3.8) is 0 Å². The average molecular weight is 395 g/mol. The number of nitrogens with zero attached hydrogens (tertiary/aromatic N) is 1. The van der Waals surface area contributed by atoms with E-state index in [-0.39, 0.29) is 11.9 Å². The van der Waals surface area contributed by atoms with Crippen molar-refractivity contribution in [2.45, 2.75) is 51.0 Å². The molecule has 1 amide bonds. The van der Waals surface area contributed by atoms with Gasteiger partial charge in [0.05, 0.1) is 16.8 Å². The van der Waals surface area contributed by atoms with Crippen molar-refractivity contribution in [1.29, 1.82) is 0 Å². The molecule has 7 heteroatoms. The summed E-state index contributed by atoms with van der Waals surface area (Å²) in [6, 6.07) is 7.59. The van der Waals surface area contributed by atoms with Crippen molar-refractivity contribution in [2.24, 2.45) is 0 Å². The topological polar surface area (TPSA) is 66.5 Å². The van der Waals surface area contributed by atoms with Gasteiger partial charge in [-0.15, -0.1) is 11.3 Å². The number of fused-ring (bicyclic) bond motifs is 1. The maximum absolute atomic E-state index is 12.7. The lowest BCUT2D eigenvalue weighted by atomic mass is 9.97. The highest BCUT2D eigenvalue weighted by Gasteiger charge is 2.18. The Balaban J connectivity index is 1.76. The highest BCUT2D eigenvalue weighted by molar-refractivity contribution is 7.92. The Labute approximate surface area is 159 Å². The minimum Gasteiger partial charge on any atom is -0.349 e. The molecule has 0 unspecified atom stereocenters. The van der Waals surface area contributed by atoms with Crippen molar-refractivity contribution in [2.75, 3.05) is 17.6 Å². The summed E-state index contributed by atoms with van der Waals surface area (Å²) in [4.78, 5) is 13.3. The van der Waals surface area contributed by atoms with Crippen molar-refractivity contribution >= 4 is 43.0 Å². The number of amides is 1. The summed E-state index contributed by atoms with van der Waals surface area (Å²) in [5.74, 6) is -0.0187. The highest BCUT2D eigenvalue weighted by Crippen LogP contribution is 2.30. The first-order chi connectivity index (χ1) is 12.3. The second-order valence-corrected chi connectivity index (χ2v) is 10.2. The number of hydrogen-bond donors (Lipinski definition) is 1. The normalized spacial score (nSPS) is 16.8. The van der Waals surface area contributed by atoms with Crippen LogP contribution in [0.1, 0.15) is 54.6 Å². The first-order valence-electron chi connectivity index (χ1n) is 9.13. The lowest BCUT2D eigenvalue weighted by Crippen LogP contribution is -2.34. The van der Waals surface area contributed by atoms with Gasteiger partial charge in [-0.25, -0.2) is 8.42 Å². The predicted molar refractivity (Wildman–Crippen MR) is 109 cm³/mol. The number of carbonyl (C=O) groups is 1. The highest BCUT2D eigenvalue weighted by atomic mass is 32.2. The Morgan fingerprint density at radius 2 is 1.77 bits per heavy atom. The summed E-state index contributed by atoms with van der Waals surface area (Å²) in [6.07, 6.45) is 9.47. The fourth-order valence-corrected chi connectivity index (χ4v) is 4.83. The molecule has 1 aromatic heterocycles. The lowest BCUT2D eigenvalue weighted by molar-refractivity contribution is 0.0934. The van der Waals surface area contributed by atoms with Gasteiger partial charge in [0.2, 0.25) is 10.0 Å². The number of benzene rings is 1. The van der Waals surface area contributed by atoms with Gasteiger partial charge in [-0.3, -0.25) is 9.10 Å². The molecule has 5 nitrogen and oxygen atoms in total. The molecule has 0 atom stereocenters. The maximum atomic E-state index is 12.7. The molecule has 3 rings (SSSR count). The second kappa shape index (κ2) is 7.96. The molecule has 1 saturated carbocycles. The monoisotopic (exact) mass is 394 g/mol. The molecule has 0 radical (unpaired) electrons. The minimum absolute atomic E-state index is 0.0187. The standard InChI is InChI=1S/C19H26N2O3S2/c1-21(26(2,23)24)16-10-11-17-14(12-16)13-18(25-17)19(22)20-15-8-6-4-3-5-7-9-15/h10-13,15H,3-9H2,1-2H3,(H,20,22). The van der Waals surface area contributed by atoms with Crippen molar-refractivity contribution < 1.29 is 13.2 Å². The fraction of sp³-hybridized carbons (Fsp3) is 0.526. The van der Waals surface area contributed by atoms with E-state index in [2.05, 4.69) is 5.32 Å². The van der Waals surface area contributed by atoms with E-state index in [1.54, 1.807) is 6.07 Å².